The highest BCUT2D eigenvalue weighted by Crippen LogP contribution is 2.14. The van der Waals surface area contributed by atoms with E-state index in [1.165, 1.54) is 129 Å². The van der Waals surface area contributed by atoms with E-state index >= 15 is 0 Å². The molecule has 0 radical (unpaired) electrons. The largest absolute Gasteiger partial charge is 0.284 e. The standard InChI is InChI=1S/C29H52N4/c1-3-5-7-9-11-13-15-17-21-25-32(26-22-18-16-14-12-10-8-6-4-2)27-33-29-24-20-19-23-28(29)30-31-33/h19-20,23-24H,3-18,21-22,25-27H2,1-2H3. The molecule has 188 valence electrons. The SMILES string of the molecule is CCCCCCCCCCCN(CCCCCCCCCCC)Cn1nnc2ccccc21. The normalized spacial score (nSPS) is 11.7. The number of hydrogen-bond donors (Lipinski definition) is 0. The van der Waals surface area contributed by atoms with Gasteiger partial charge < -0.3 is 0 Å². The van der Waals surface area contributed by atoms with Crippen LogP contribution in [0, 0.1) is 0 Å². The lowest BCUT2D eigenvalue weighted by molar-refractivity contribution is 0.199. The van der Waals surface area contributed by atoms with E-state index in [1.807, 2.05) is 6.07 Å². The Morgan fingerprint density at radius 2 is 1.06 bits per heavy atom. The van der Waals surface area contributed by atoms with Gasteiger partial charge in [0, 0.05) is 0 Å². The molecule has 2 rings (SSSR count). The van der Waals surface area contributed by atoms with Gasteiger partial charge in [0.2, 0.25) is 0 Å². The maximum absolute atomic E-state index is 4.45. The topological polar surface area (TPSA) is 34.0 Å². The molecule has 1 aromatic carbocycles. The van der Waals surface area contributed by atoms with E-state index in [1.54, 1.807) is 0 Å². The molecule has 0 amide bonds. The first kappa shape index (κ1) is 27.8. The van der Waals surface area contributed by atoms with Crippen LogP contribution in [0.25, 0.3) is 11.0 Å². The van der Waals surface area contributed by atoms with Gasteiger partial charge in [0.25, 0.3) is 0 Å². The smallest absolute Gasteiger partial charge is 0.113 e. The van der Waals surface area contributed by atoms with Gasteiger partial charge >= 0.3 is 0 Å². The lowest BCUT2D eigenvalue weighted by atomic mass is 10.1. The molecule has 0 aliphatic rings. The first-order chi connectivity index (χ1) is 16.3. The minimum Gasteiger partial charge on any atom is -0.284 e. The molecule has 0 N–H and O–H groups in total. The minimum atomic E-state index is 0.870. The summed E-state index contributed by atoms with van der Waals surface area (Å²) in [5.41, 5.74) is 2.16. The Morgan fingerprint density at radius 1 is 0.606 bits per heavy atom. The van der Waals surface area contributed by atoms with Crippen LogP contribution in [0.5, 0.6) is 0 Å². The highest BCUT2D eigenvalue weighted by Gasteiger charge is 2.10. The molecule has 0 bridgehead atoms. The van der Waals surface area contributed by atoms with Gasteiger partial charge in [-0.25, -0.2) is 4.68 Å². The number of rotatable bonds is 22. The van der Waals surface area contributed by atoms with Gasteiger partial charge in [-0.1, -0.05) is 134 Å². The molecule has 0 spiro atoms. The molecule has 33 heavy (non-hydrogen) atoms. The fraction of sp³-hybridized carbons (Fsp3) is 0.793. The Balaban J connectivity index is 1.68. The highest BCUT2D eigenvalue weighted by atomic mass is 15.5. The third-order valence-electron chi connectivity index (χ3n) is 6.91. The van der Waals surface area contributed by atoms with Crippen LogP contribution < -0.4 is 0 Å². The molecule has 0 unspecified atom stereocenters. The summed E-state index contributed by atoms with van der Waals surface area (Å²) in [6, 6.07) is 8.34. The zero-order chi connectivity index (χ0) is 23.4. The molecule has 0 atom stereocenters. The molecule has 1 heterocycles. The molecule has 1 aromatic heterocycles. The number of unbranched alkanes of at least 4 members (excludes halogenated alkanes) is 16. The summed E-state index contributed by atoms with van der Waals surface area (Å²) in [6.45, 7) is 7.82. The maximum atomic E-state index is 4.45. The third kappa shape index (κ3) is 12.6. The number of nitrogens with zero attached hydrogens (tertiary/aromatic N) is 4. The van der Waals surface area contributed by atoms with Crippen LogP contribution in [0.4, 0.5) is 0 Å². The Kier molecular flexibility index (Phi) is 16.0. The van der Waals surface area contributed by atoms with E-state index in [4.69, 9.17) is 0 Å². The van der Waals surface area contributed by atoms with Crippen molar-refractivity contribution in [1.82, 2.24) is 19.9 Å². The second-order valence-corrected chi connectivity index (χ2v) is 9.99. The Morgan fingerprint density at radius 3 is 1.58 bits per heavy atom. The molecular formula is C29H52N4. The minimum absolute atomic E-state index is 0.870. The predicted molar refractivity (Wildman–Crippen MR) is 144 cm³/mol. The van der Waals surface area contributed by atoms with Crippen molar-refractivity contribution < 1.29 is 0 Å². The van der Waals surface area contributed by atoms with E-state index < -0.39 is 0 Å². The van der Waals surface area contributed by atoms with Gasteiger partial charge in [0.05, 0.1) is 12.2 Å². The zero-order valence-corrected chi connectivity index (χ0v) is 21.9. The lowest BCUT2D eigenvalue weighted by Crippen LogP contribution is -2.29. The number of para-hydroxylation sites is 1. The van der Waals surface area contributed by atoms with Gasteiger partial charge in [0.1, 0.15) is 5.52 Å². The molecular weight excluding hydrogens is 404 g/mol. The Bertz CT molecular complexity index is 674. The van der Waals surface area contributed by atoms with E-state index in [2.05, 4.69) is 51.9 Å². The van der Waals surface area contributed by atoms with Crippen molar-refractivity contribution in [2.45, 2.75) is 136 Å². The average molecular weight is 457 g/mol. The summed E-state index contributed by atoms with van der Waals surface area (Å²) in [6.07, 6.45) is 25.0. The van der Waals surface area contributed by atoms with Crippen molar-refractivity contribution in [3.05, 3.63) is 24.3 Å². The first-order valence-corrected chi connectivity index (χ1v) is 14.4. The van der Waals surface area contributed by atoms with Crippen molar-refractivity contribution in [3.8, 4) is 0 Å². The first-order valence-electron chi connectivity index (χ1n) is 14.4. The van der Waals surface area contributed by atoms with Crippen molar-refractivity contribution >= 4 is 11.0 Å². The zero-order valence-electron chi connectivity index (χ0n) is 21.9. The van der Waals surface area contributed by atoms with Crippen LogP contribution >= 0.6 is 0 Å². The van der Waals surface area contributed by atoms with Crippen molar-refractivity contribution in [2.24, 2.45) is 0 Å². The Hall–Kier alpha value is -1.42. The number of hydrogen-bond acceptors (Lipinski definition) is 3. The summed E-state index contributed by atoms with van der Waals surface area (Å²) in [5, 5.41) is 8.81. The second-order valence-electron chi connectivity index (χ2n) is 9.99. The Labute approximate surface area is 204 Å². The van der Waals surface area contributed by atoms with Crippen molar-refractivity contribution in [1.29, 1.82) is 0 Å². The highest BCUT2D eigenvalue weighted by molar-refractivity contribution is 5.73. The molecule has 4 nitrogen and oxygen atoms in total. The van der Waals surface area contributed by atoms with E-state index in [0.717, 1.165) is 17.7 Å². The van der Waals surface area contributed by atoms with Gasteiger partial charge in [-0.3, -0.25) is 4.90 Å². The van der Waals surface area contributed by atoms with Crippen LogP contribution in [0.1, 0.15) is 129 Å². The van der Waals surface area contributed by atoms with Gasteiger partial charge in [-0.2, -0.15) is 0 Å². The fourth-order valence-corrected chi connectivity index (χ4v) is 4.76. The summed E-state index contributed by atoms with van der Waals surface area (Å²) in [7, 11) is 0. The van der Waals surface area contributed by atoms with Gasteiger partial charge in [0.15, 0.2) is 0 Å². The number of benzene rings is 1. The quantitative estimate of drug-likeness (QED) is 0.166. The monoisotopic (exact) mass is 456 g/mol. The second kappa shape index (κ2) is 18.9. The van der Waals surface area contributed by atoms with Gasteiger partial charge in [-0.15, -0.1) is 5.10 Å². The van der Waals surface area contributed by atoms with Crippen LogP contribution in [0.3, 0.4) is 0 Å². The molecule has 2 aromatic rings. The molecule has 0 saturated carbocycles. The van der Waals surface area contributed by atoms with Crippen LogP contribution in [0.15, 0.2) is 24.3 Å². The molecule has 4 heteroatoms. The maximum Gasteiger partial charge on any atom is 0.113 e. The van der Waals surface area contributed by atoms with Crippen molar-refractivity contribution in [3.63, 3.8) is 0 Å². The van der Waals surface area contributed by atoms with Crippen LogP contribution in [0.2, 0.25) is 0 Å². The van der Waals surface area contributed by atoms with Crippen LogP contribution in [-0.4, -0.2) is 33.0 Å². The number of fused-ring (bicyclic) bond motifs is 1. The number of aromatic nitrogens is 3. The molecule has 0 saturated heterocycles. The van der Waals surface area contributed by atoms with Crippen molar-refractivity contribution in [2.75, 3.05) is 13.1 Å². The van der Waals surface area contributed by atoms with Gasteiger partial charge in [-0.05, 0) is 38.1 Å². The van der Waals surface area contributed by atoms with E-state index in [9.17, 15) is 0 Å². The molecule has 0 fully saturated rings. The molecule has 0 aliphatic carbocycles. The third-order valence-corrected chi connectivity index (χ3v) is 6.91. The van der Waals surface area contributed by atoms with Crippen LogP contribution in [-0.2, 0) is 6.67 Å². The fourth-order valence-electron chi connectivity index (χ4n) is 4.76. The average Bonchev–Trinajstić information content (AvgIpc) is 3.24. The van der Waals surface area contributed by atoms with E-state index in [-0.39, 0.29) is 0 Å². The lowest BCUT2D eigenvalue weighted by Gasteiger charge is -2.22. The summed E-state index contributed by atoms with van der Waals surface area (Å²) < 4.78 is 2.09. The summed E-state index contributed by atoms with van der Waals surface area (Å²) in [4.78, 5) is 2.61. The molecule has 0 aliphatic heterocycles. The van der Waals surface area contributed by atoms with E-state index in [0.29, 0.717) is 0 Å². The summed E-state index contributed by atoms with van der Waals surface area (Å²) >= 11 is 0. The summed E-state index contributed by atoms with van der Waals surface area (Å²) in [5.74, 6) is 0. The predicted octanol–water partition coefficient (Wildman–Crippen LogP) is 8.75.